The van der Waals surface area contributed by atoms with Gasteiger partial charge in [0.15, 0.2) is 0 Å². The average Bonchev–Trinajstić information content (AvgIpc) is 3.00. The van der Waals surface area contributed by atoms with Crippen LogP contribution in [0.15, 0.2) is 76.5 Å². The summed E-state index contributed by atoms with van der Waals surface area (Å²) in [5.41, 5.74) is 3.68. The van der Waals surface area contributed by atoms with Gasteiger partial charge >= 0.3 is 5.97 Å². The van der Waals surface area contributed by atoms with Gasteiger partial charge < -0.3 is 15.0 Å². The number of thioether (sulfide) groups is 1. The highest BCUT2D eigenvalue weighted by atomic mass is 32.3. The molecule has 1 aliphatic rings. The molecule has 1 aliphatic heterocycles. The van der Waals surface area contributed by atoms with Crippen LogP contribution >= 0.6 is 22.5 Å². The van der Waals surface area contributed by atoms with Gasteiger partial charge in [-0.05, 0) is 55.1 Å². The molecular weight excluding hydrogens is 506 g/mol. The van der Waals surface area contributed by atoms with E-state index in [-0.39, 0.29) is 6.04 Å². The smallest absolute Gasteiger partial charge is 0.337 e. The Morgan fingerprint density at radius 2 is 1.89 bits per heavy atom. The summed E-state index contributed by atoms with van der Waals surface area (Å²) in [5, 5.41) is 3.39. The SMILES string of the molecule is CCCCC1CN(c2ccccc2)c2cc(SC)c(Nc3cccc(C(=O)OC)c3)cc2S(O)(O)N1C. The molecule has 0 radical (unpaired) electrons. The van der Waals surface area contributed by atoms with Crippen molar-refractivity contribution in [1.29, 1.82) is 0 Å². The number of esters is 1. The van der Waals surface area contributed by atoms with Crippen molar-refractivity contribution in [3.05, 3.63) is 72.3 Å². The first kappa shape index (κ1) is 27.3. The van der Waals surface area contributed by atoms with Gasteiger partial charge in [0.1, 0.15) is 4.90 Å². The van der Waals surface area contributed by atoms with E-state index in [0.717, 1.165) is 41.2 Å². The van der Waals surface area contributed by atoms with Crippen LogP contribution in [0.1, 0.15) is 36.5 Å². The standard InChI is InChI=1S/C28H35N3O4S2/c1-5-6-13-23-19-31(22-14-8-7-9-15-22)25-18-26(36-4)24(17-27(25)37(33,34)30(23)2)29-21-12-10-11-20(16-21)28(32)35-3/h7-12,14-18,23,29,33-34H,5-6,13,19H2,1-4H3. The second-order valence-electron chi connectivity index (χ2n) is 9.02. The minimum absolute atomic E-state index is 0.0385. The lowest BCUT2D eigenvalue weighted by Gasteiger charge is -2.43. The van der Waals surface area contributed by atoms with Gasteiger partial charge in [-0.3, -0.25) is 9.11 Å². The number of carbonyl (C=O) groups excluding carboxylic acids is 1. The summed E-state index contributed by atoms with van der Waals surface area (Å²) in [5.74, 6) is -0.414. The summed E-state index contributed by atoms with van der Waals surface area (Å²) >= 11 is 1.57. The zero-order valence-electron chi connectivity index (χ0n) is 21.7. The Hall–Kier alpha value is -2.69. The number of anilines is 4. The molecule has 198 valence electrons. The molecule has 0 fully saturated rings. The second-order valence-corrected chi connectivity index (χ2v) is 11.9. The third kappa shape index (κ3) is 5.76. The molecule has 3 N–H and O–H groups in total. The molecule has 0 bridgehead atoms. The molecule has 0 saturated heterocycles. The number of unbranched alkanes of at least 4 members (excludes halogenated alkanes) is 1. The van der Waals surface area contributed by atoms with Crippen LogP contribution in [0.2, 0.25) is 0 Å². The first-order valence-electron chi connectivity index (χ1n) is 12.3. The Kier molecular flexibility index (Phi) is 8.71. The minimum Gasteiger partial charge on any atom is -0.465 e. The zero-order valence-corrected chi connectivity index (χ0v) is 23.3. The summed E-state index contributed by atoms with van der Waals surface area (Å²) in [6.45, 7) is 2.79. The number of hydrogen-bond donors (Lipinski definition) is 3. The molecule has 3 aromatic rings. The van der Waals surface area contributed by atoms with Gasteiger partial charge in [0.2, 0.25) is 0 Å². The Balaban J connectivity index is 1.84. The highest BCUT2D eigenvalue weighted by Gasteiger charge is 2.37. The zero-order chi connectivity index (χ0) is 26.6. The minimum atomic E-state index is -3.27. The maximum atomic E-state index is 12.0. The predicted octanol–water partition coefficient (Wildman–Crippen LogP) is 7.61. The highest BCUT2D eigenvalue weighted by Crippen LogP contribution is 2.60. The van der Waals surface area contributed by atoms with Crippen molar-refractivity contribution in [3.63, 3.8) is 0 Å². The number of methoxy groups -OCH3 is 1. The lowest BCUT2D eigenvalue weighted by molar-refractivity contribution is 0.0600. The van der Waals surface area contributed by atoms with Crippen LogP contribution in [-0.4, -0.2) is 52.4 Å². The fourth-order valence-corrected chi connectivity index (χ4v) is 6.78. The fourth-order valence-electron chi connectivity index (χ4n) is 4.60. The maximum absolute atomic E-state index is 12.0. The highest BCUT2D eigenvalue weighted by molar-refractivity contribution is 8.22. The second kappa shape index (κ2) is 11.8. The van der Waals surface area contributed by atoms with Gasteiger partial charge in [-0.1, -0.05) is 44.0 Å². The van der Waals surface area contributed by atoms with Crippen LogP contribution in [0.3, 0.4) is 0 Å². The van der Waals surface area contributed by atoms with E-state index in [1.54, 1.807) is 34.3 Å². The van der Waals surface area contributed by atoms with Crippen molar-refractivity contribution in [3.8, 4) is 0 Å². The van der Waals surface area contributed by atoms with Crippen molar-refractivity contribution in [2.24, 2.45) is 0 Å². The maximum Gasteiger partial charge on any atom is 0.337 e. The molecule has 9 heteroatoms. The topological polar surface area (TPSA) is 85.3 Å². The first-order valence-corrected chi connectivity index (χ1v) is 15.0. The fraction of sp³-hybridized carbons (Fsp3) is 0.321. The van der Waals surface area contributed by atoms with Crippen LogP contribution in [-0.2, 0) is 4.74 Å². The molecule has 0 aliphatic carbocycles. The van der Waals surface area contributed by atoms with E-state index >= 15 is 0 Å². The van der Waals surface area contributed by atoms with Gasteiger partial charge in [-0.15, -0.1) is 22.5 Å². The number of para-hydroxylation sites is 1. The molecule has 0 spiro atoms. The van der Waals surface area contributed by atoms with Crippen molar-refractivity contribution in [2.75, 3.05) is 37.2 Å². The van der Waals surface area contributed by atoms with Gasteiger partial charge in [-0.25, -0.2) is 9.10 Å². The van der Waals surface area contributed by atoms with E-state index in [9.17, 15) is 13.9 Å². The Labute approximate surface area is 225 Å². The van der Waals surface area contributed by atoms with E-state index in [2.05, 4.69) is 29.3 Å². The molecule has 7 nitrogen and oxygen atoms in total. The Morgan fingerprint density at radius 3 is 2.57 bits per heavy atom. The Bertz CT molecular complexity index is 1240. The van der Waals surface area contributed by atoms with Gasteiger partial charge in [-0.2, -0.15) is 0 Å². The number of carbonyl (C=O) groups is 1. The van der Waals surface area contributed by atoms with Crippen molar-refractivity contribution in [2.45, 2.75) is 42.0 Å². The van der Waals surface area contributed by atoms with Crippen LogP contribution in [0.25, 0.3) is 0 Å². The number of hydrogen-bond acceptors (Lipinski definition) is 8. The van der Waals surface area contributed by atoms with Crippen molar-refractivity contribution >= 4 is 51.3 Å². The molecule has 0 saturated carbocycles. The average molecular weight is 542 g/mol. The number of nitrogens with zero attached hydrogens (tertiary/aromatic N) is 2. The van der Waals surface area contributed by atoms with E-state index in [4.69, 9.17) is 4.74 Å². The number of fused-ring (bicyclic) bond motifs is 1. The summed E-state index contributed by atoms with van der Waals surface area (Å²) in [6, 6.07) is 21.0. The largest absolute Gasteiger partial charge is 0.465 e. The van der Waals surface area contributed by atoms with E-state index in [1.807, 2.05) is 49.7 Å². The molecule has 0 aromatic heterocycles. The first-order chi connectivity index (χ1) is 17.8. The lowest BCUT2D eigenvalue weighted by Crippen LogP contribution is -2.39. The number of benzene rings is 3. The number of likely N-dealkylation sites (N-methyl/N-ethyl adjacent to an activating group) is 1. The van der Waals surface area contributed by atoms with Crippen LogP contribution in [0, 0.1) is 0 Å². The molecule has 37 heavy (non-hydrogen) atoms. The number of nitrogens with one attached hydrogen (secondary N) is 1. The molecule has 1 heterocycles. The molecule has 4 rings (SSSR count). The van der Waals surface area contributed by atoms with Crippen LogP contribution < -0.4 is 10.2 Å². The summed E-state index contributed by atoms with van der Waals surface area (Å²) in [6.07, 6.45) is 4.90. The molecule has 1 atom stereocenters. The molecular formula is C28H35N3O4S2. The van der Waals surface area contributed by atoms with Crippen molar-refractivity contribution < 1.29 is 18.6 Å². The monoisotopic (exact) mass is 541 g/mol. The third-order valence-corrected chi connectivity index (χ3v) is 9.49. The third-order valence-electron chi connectivity index (χ3n) is 6.70. The van der Waals surface area contributed by atoms with E-state index < -0.39 is 16.7 Å². The molecule has 3 aromatic carbocycles. The van der Waals surface area contributed by atoms with Gasteiger partial charge in [0.05, 0.1) is 24.0 Å². The van der Waals surface area contributed by atoms with Crippen molar-refractivity contribution in [1.82, 2.24) is 4.31 Å². The summed E-state index contributed by atoms with van der Waals surface area (Å²) < 4.78 is 29.9. The lowest BCUT2D eigenvalue weighted by atomic mass is 10.1. The summed E-state index contributed by atoms with van der Waals surface area (Å²) in [7, 11) is -0.110. The van der Waals surface area contributed by atoms with E-state index in [0.29, 0.717) is 22.7 Å². The van der Waals surface area contributed by atoms with E-state index in [1.165, 1.54) is 7.11 Å². The van der Waals surface area contributed by atoms with Gasteiger partial charge in [0.25, 0.3) is 0 Å². The summed E-state index contributed by atoms with van der Waals surface area (Å²) in [4.78, 5) is 15.7. The molecule has 1 unspecified atom stereocenters. The quantitative estimate of drug-likeness (QED) is 0.198. The number of ether oxygens (including phenoxy) is 1. The molecule has 0 amide bonds. The predicted molar refractivity (Wildman–Crippen MR) is 155 cm³/mol. The van der Waals surface area contributed by atoms with Crippen LogP contribution in [0.4, 0.5) is 22.7 Å². The normalized spacial score (nSPS) is 18.0. The number of rotatable bonds is 8. The Morgan fingerprint density at radius 1 is 1.14 bits per heavy atom. The van der Waals surface area contributed by atoms with Crippen LogP contribution in [0.5, 0.6) is 0 Å². The van der Waals surface area contributed by atoms with Gasteiger partial charge in [0, 0.05) is 35.9 Å².